The lowest BCUT2D eigenvalue weighted by molar-refractivity contribution is -0.384. The first-order valence-corrected chi connectivity index (χ1v) is 10.4. The number of hydrogen-bond acceptors (Lipinski definition) is 5. The van der Waals surface area contributed by atoms with Gasteiger partial charge in [-0.3, -0.25) is 10.1 Å². The van der Waals surface area contributed by atoms with E-state index >= 15 is 0 Å². The lowest BCUT2D eigenvalue weighted by Crippen LogP contribution is -2.35. The molecule has 0 unspecified atom stereocenters. The average molecular weight is 392 g/mol. The van der Waals surface area contributed by atoms with E-state index in [0.29, 0.717) is 35.8 Å². The number of nitro benzene ring substituents is 1. The van der Waals surface area contributed by atoms with E-state index in [1.54, 1.807) is 18.2 Å². The lowest BCUT2D eigenvalue weighted by atomic mass is 9.68. The molecule has 1 aliphatic heterocycles. The van der Waals surface area contributed by atoms with Crippen LogP contribution in [0.3, 0.4) is 0 Å². The third kappa shape index (κ3) is 2.89. The molecule has 5 atom stereocenters. The molecule has 0 saturated heterocycles. The van der Waals surface area contributed by atoms with Crippen molar-refractivity contribution in [1.82, 2.24) is 0 Å². The van der Waals surface area contributed by atoms with E-state index in [2.05, 4.69) is 5.32 Å². The predicted molar refractivity (Wildman–Crippen MR) is 109 cm³/mol. The number of rotatable bonds is 4. The fourth-order valence-electron chi connectivity index (χ4n) is 5.99. The summed E-state index contributed by atoms with van der Waals surface area (Å²) >= 11 is 0. The Bertz CT molecular complexity index is 989. The van der Waals surface area contributed by atoms with Crippen molar-refractivity contribution in [2.75, 3.05) is 11.9 Å². The molecular weight excluding hydrogens is 368 g/mol. The largest absolute Gasteiger partial charge is 0.462 e. The van der Waals surface area contributed by atoms with Gasteiger partial charge in [0.1, 0.15) is 0 Å². The highest BCUT2D eigenvalue weighted by molar-refractivity contribution is 5.90. The summed E-state index contributed by atoms with van der Waals surface area (Å²) in [5, 5.41) is 14.9. The molecule has 6 nitrogen and oxygen atoms in total. The first kappa shape index (κ1) is 18.2. The number of anilines is 1. The van der Waals surface area contributed by atoms with Gasteiger partial charge in [0.2, 0.25) is 0 Å². The molecule has 0 radical (unpaired) electrons. The molecule has 0 spiro atoms. The smallest absolute Gasteiger partial charge is 0.338 e. The molecule has 0 aromatic heterocycles. The standard InChI is InChI=1S/C23H24N2O4/c1-2-29-23(26)16-8-9-19-18(12-16)20-13-6-7-14(10-13)21(20)22(24-19)15-4-3-5-17(11-15)25(27)28/h3-5,8-9,11-14,20-22,24H,2,6-7,10H2,1H3/t13-,14-,20-,21+,22-/m0/s1. The number of nitro groups is 1. The number of ether oxygens (including phenoxy) is 1. The van der Waals surface area contributed by atoms with E-state index in [0.717, 1.165) is 11.3 Å². The van der Waals surface area contributed by atoms with Crippen LogP contribution >= 0.6 is 0 Å². The molecular formula is C23H24N2O4. The number of nitrogens with zero attached hydrogens (tertiary/aromatic N) is 1. The topological polar surface area (TPSA) is 81.5 Å². The van der Waals surface area contributed by atoms with Crippen LogP contribution in [0, 0.1) is 27.9 Å². The molecule has 5 rings (SSSR count). The molecule has 2 bridgehead atoms. The van der Waals surface area contributed by atoms with Crippen molar-refractivity contribution < 1.29 is 14.5 Å². The Balaban J connectivity index is 1.57. The number of fused-ring (bicyclic) bond motifs is 7. The maximum absolute atomic E-state index is 12.3. The number of non-ortho nitro benzene ring substituents is 1. The highest BCUT2D eigenvalue weighted by Crippen LogP contribution is 2.63. The molecule has 2 aliphatic carbocycles. The van der Waals surface area contributed by atoms with Crippen LogP contribution in [0.2, 0.25) is 0 Å². The first-order chi connectivity index (χ1) is 14.1. The second-order valence-electron chi connectivity index (χ2n) is 8.43. The Morgan fingerprint density at radius 1 is 1.21 bits per heavy atom. The van der Waals surface area contributed by atoms with Gasteiger partial charge >= 0.3 is 5.97 Å². The Hall–Kier alpha value is -2.89. The average Bonchev–Trinajstić information content (AvgIpc) is 3.35. The normalized spacial score (nSPS) is 28.9. The molecule has 2 fully saturated rings. The van der Waals surface area contributed by atoms with Crippen molar-refractivity contribution in [3.8, 4) is 0 Å². The van der Waals surface area contributed by atoms with Gasteiger partial charge in [-0.15, -0.1) is 0 Å². The summed E-state index contributed by atoms with van der Waals surface area (Å²) in [7, 11) is 0. The summed E-state index contributed by atoms with van der Waals surface area (Å²) in [5.74, 6) is 1.71. The summed E-state index contributed by atoms with van der Waals surface area (Å²) in [6.45, 7) is 2.17. The first-order valence-electron chi connectivity index (χ1n) is 10.4. The van der Waals surface area contributed by atoms with Crippen LogP contribution in [0.4, 0.5) is 11.4 Å². The Morgan fingerprint density at radius 3 is 2.83 bits per heavy atom. The highest BCUT2D eigenvalue weighted by atomic mass is 16.6. The van der Waals surface area contributed by atoms with E-state index < -0.39 is 0 Å². The van der Waals surface area contributed by atoms with E-state index in [4.69, 9.17) is 4.74 Å². The van der Waals surface area contributed by atoms with E-state index in [-0.39, 0.29) is 22.6 Å². The lowest BCUT2D eigenvalue weighted by Gasteiger charge is -2.43. The van der Waals surface area contributed by atoms with E-state index in [9.17, 15) is 14.9 Å². The molecule has 2 saturated carbocycles. The molecule has 3 aliphatic rings. The van der Waals surface area contributed by atoms with Crippen molar-refractivity contribution in [3.05, 3.63) is 69.3 Å². The van der Waals surface area contributed by atoms with Gasteiger partial charge in [-0.25, -0.2) is 4.79 Å². The summed E-state index contributed by atoms with van der Waals surface area (Å²) in [4.78, 5) is 23.2. The quantitative estimate of drug-likeness (QED) is 0.446. The zero-order chi connectivity index (χ0) is 20.1. The highest BCUT2D eigenvalue weighted by Gasteiger charge is 2.54. The number of carbonyl (C=O) groups is 1. The third-order valence-electron chi connectivity index (χ3n) is 7.04. The van der Waals surface area contributed by atoms with Gasteiger partial charge in [-0.2, -0.15) is 0 Å². The van der Waals surface area contributed by atoms with Crippen molar-refractivity contribution in [2.45, 2.75) is 38.1 Å². The van der Waals surface area contributed by atoms with Gasteiger partial charge in [0.15, 0.2) is 0 Å². The molecule has 150 valence electrons. The minimum atomic E-state index is -0.329. The maximum atomic E-state index is 12.3. The minimum absolute atomic E-state index is 0.0520. The van der Waals surface area contributed by atoms with Crippen LogP contribution < -0.4 is 5.32 Å². The van der Waals surface area contributed by atoms with Gasteiger partial charge in [0.25, 0.3) is 5.69 Å². The molecule has 0 amide bonds. The molecule has 2 aromatic carbocycles. The Labute approximate surface area is 169 Å². The summed E-state index contributed by atoms with van der Waals surface area (Å²) in [5.41, 5.74) is 3.94. The maximum Gasteiger partial charge on any atom is 0.338 e. The minimum Gasteiger partial charge on any atom is -0.462 e. The molecule has 29 heavy (non-hydrogen) atoms. The third-order valence-corrected chi connectivity index (χ3v) is 7.04. The van der Waals surface area contributed by atoms with Gasteiger partial charge in [0.05, 0.1) is 23.1 Å². The van der Waals surface area contributed by atoms with Gasteiger partial charge < -0.3 is 10.1 Å². The Kier molecular flexibility index (Phi) is 4.30. The fraction of sp³-hybridized carbons (Fsp3) is 0.435. The summed E-state index contributed by atoms with van der Waals surface area (Å²) in [6.07, 6.45) is 3.63. The van der Waals surface area contributed by atoms with Crippen LogP contribution in [0.25, 0.3) is 0 Å². The van der Waals surface area contributed by atoms with Crippen molar-refractivity contribution in [2.24, 2.45) is 17.8 Å². The molecule has 1 heterocycles. The summed E-state index contributed by atoms with van der Waals surface area (Å²) in [6, 6.07) is 12.8. The van der Waals surface area contributed by atoms with Crippen LogP contribution in [-0.2, 0) is 4.74 Å². The monoisotopic (exact) mass is 392 g/mol. The fourth-order valence-corrected chi connectivity index (χ4v) is 5.99. The van der Waals surface area contributed by atoms with Crippen molar-refractivity contribution in [1.29, 1.82) is 0 Å². The van der Waals surface area contributed by atoms with Crippen LogP contribution in [-0.4, -0.2) is 17.5 Å². The van der Waals surface area contributed by atoms with Crippen LogP contribution in [0.15, 0.2) is 42.5 Å². The number of nitrogens with one attached hydrogen (secondary N) is 1. The van der Waals surface area contributed by atoms with Crippen molar-refractivity contribution >= 4 is 17.3 Å². The molecule has 2 aromatic rings. The second kappa shape index (κ2) is 6.87. The van der Waals surface area contributed by atoms with Crippen molar-refractivity contribution in [3.63, 3.8) is 0 Å². The van der Waals surface area contributed by atoms with E-state index in [1.807, 2.05) is 31.2 Å². The Morgan fingerprint density at radius 2 is 2.03 bits per heavy atom. The van der Waals surface area contributed by atoms with Gasteiger partial charge in [0, 0.05) is 17.8 Å². The molecule has 1 N–H and O–H groups in total. The van der Waals surface area contributed by atoms with E-state index in [1.165, 1.54) is 24.8 Å². The molecule has 6 heteroatoms. The predicted octanol–water partition coefficient (Wildman–Crippen LogP) is 5.07. The number of carbonyl (C=O) groups excluding carboxylic acids is 1. The zero-order valence-corrected chi connectivity index (χ0v) is 16.3. The van der Waals surface area contributed by atoms with Gasteiger partial charge in [-0.1, -0.05) is 12.1 Å². The number of hydrogen-bond donors (Lipinski definition) is 1. The SMILES string of the molecule is CCOC(=O)c1ccc2c(c1)[C@@H]1[C@H]3CC[C@@H](C3)[C@H]1[C@H](c1cccc([N+](=O)[O-])c1)N2. The second-order valence-corrected chi connectivity index (χ2v) is 8.43. The van der Waals surface area contributed by atoms with Crippen LogP contribution in [0.5, 0.6) is 0 Å². The number of benzene rings is 2. The zero-order valence-electron chi connectivity index (χ0n) is 16.3. The summed E-state index contributed by atoms with van der Waals surface area (Å²) < 4.78 is 5.20. The number of esters is 1. The van der Waals surface area contributed by atoms with Gasteiger partial charge in [-0.05, 0) is 79.2 Å². The van der Waals surface area contributed by atoms with Crippen LogP contribution in [0.1, 0.15) is 59.6 Å².